The third kappa shape index (κ3) is 5.02. The minimum absolute atomic E-state index is 0.288. The third-order valence-electron chi connectivity index (χ3n) is 2.20. The van der Waals surface area contributed by atoms with Gasteiger partial charge in [-0.1, -0.05) is 52.7 Å². The number of alkyl halides is 2. The summed E-state index contributed by atoms with van der Waals surface area (Å²) in [6.45, 7) is 0. The predicted octanol–water partition coefficient (Wildman–Crippen LogP) is 4.40. The van der Waals surface area contributed by atoms with Gasteiger partial charge in [0.05, 0.1) is 0 Å². The van der Waals surface area contributed by atoms with Gasteiger partial charge in [-0.25, -0.2) is 0 Å². The molecule has 1 atom stereocenters. The van der Waals surface area contributed by atoms with Crippen LogP contribution in [0.3, 0.4) is 0 Å². The maximum Gasteiger partial charge on any atom is 0.0376 e. The molecule has 0 nitrogen and oxygen atoms in total. The van der Waals surface area contributed by atoms with E-state index in [0.717, 1.165) is 18.2 Å². The molecule has 1 rings (SSSR count). The van der Waals surface area contributed by atoms with Crippen molar-refractivity contribution in [2.45, 2.75) is 31.1 Å². The van der Waals surface area contributed by atoms with Crippen LogP contribution in [-0.2, 0) is 6.42 Å². The Kier molecular flexibility index (Phi) is 6.29. The molecule has 0 amide bonds. The van der Waals surface area contributed by atoms with Gasteiger partial charge in [-0.15, -0.1) is 11.6 Å². The van der Waals surface area contributed by atoms with E-state index in [1.807, 2.05) is 6.07 Å². The lowest BCUT2D eigenvalue weighted by Crippen LogP contribution is -2.03. The van der Waals surface area contributed by atoms with Crippen molar-refractivity contribution in [1.82, 2.24) is 0 Å². The third-order valence-corrected chi connectivity index (χ3v) is 3.13. The first-order valence-electron chi connectivity index (χ1n) is 5.07. The zero-order chi connectivity index (χ0) is 10.2. The molecule has 0 N–H and O–H groups in total. The van der Waals surface area contributed by atoms with Gasteiger partial charge in [0.2, 0.25) is 0 Å². The summed E-state index contributed by atoms with van der Waals surface area (Å²) in [7, 11) is 0. The normalized spacial score (nSPS) is 12.7. The van der Waals surface area contributed by atoms with Crippen LogP contribution in [0.5, 0.6) is 0 Å². The van der Waals surface area contributed by atoms with Crippen LogP contribution in [0, 0.1) is 0 Å². The van der Waals surface area contributed by atoms with Crippen LogP contribution in [0.2, 0.25) is 0 Å². The summed E-state index contributed by atoms with van der Waals surface area (Å²) in [5.41, 5.74) is 1.34. The monoisotopic (exact) mass is 274 g/mol. The second-order valence-electron chi connectivity index (χ2n) is 3.47. The van der Waals surface area contributed by atoms with Gasteiger partial charge in [-0.2, -0.15) is 0 Å². The lowest BCUT2D eigenvalue weighted by atomic mass is 10.1. The van der Waals surface area contributed by atoms with Gasteiger partial charge < -0.3 is 0 Å². The molecule has 0 saturated heterocycles. The number of unbranched alkanes of at least 4 members (excludes halogenated alkanes) is 1. The summed E-state index contributed by atoms with van der Waals surface area (Å²) < 4.78 is 0. The van der Waals surface area contributed by atoms with Gasteiger partial charge in [0.15, 0.2) is 0 Å². The molecule has 1 aromatic rings. The molecule has 1 unspecified atom stereocenters. The first-order valence-corrected chi connectivity index (χ1v) is 6.62. The summed E-state index contributed by atoms with van der Waals surface area (Å²) >= 11 is 9.66. The van der Waals surface area contributed by atoms with Crippen molar-refractivity contribution in [3.63, 3.8) is 0 Å². The number of hydrogen-bond acceptors (Lipinski definition) is 0. The molecular formula is C12H16BrCl. The average Bonchev–Trinajstić information content (AvgIpc) is 2.20. The Labute approximate surface area is 99.8 Å². The highest BCUT2D eigenvalue weighted by Crippen LogP contribution is 2.14. The van der Waals surface area contributed by atoms with Crippen LogP contribution in [0.25, 0.3) is 0 Å². The van der Waals surface area contributed by atoms with E-state index in [2.05, 4.69) is 40.2 Å². The summed E-state index contributed by atoms with van der Waals surface area (Å²) in [4.78, 5) is 0. The van der Waals surface area contributed by atoms with Crippen molar-refractivity contribution >= 4 is 27.5 Å². The van der Waals surface area contributed by atoms with Crippen molar-refractivity contribution in [2.24, 2.45) is 0 Å². The molecular weight excluding hydrogens is 259 g/mol. The second-order valence-corrected chi connectivity index (χ2v) is 4.88. The van der Waals surface area contributed by atoms with E-state index in [9.17, 15) is 0 Å². The van der Waals surface area contributed by atoms with E-state index in [0.29, 0.717) is 0 Å². The van der Waals surface area contributed by atoms with Crippen LogP contribution in [0.15, 0.2) is 30.3 Å². The van der Waals surface area contributed by atoms with E-state index in [1.54, 1.807) is 0 Å². The van der Waals surface area contributed by atoms with Crippen molar-refractivity contribution in [3.05, 3.63) is 35.9 Å². The highest BCUT2D eigenvalue weighted by molar-refractivity contribution is 9.09. The lowest BCUT2D eigenvalue weighted by Gasteiger charge is -2.08. The Balaban J connectivity index is 2.23. The molecule has 1 aromatic carbocycles. The van der Waals surface area contributed by atoms with Crippen LogP contribution >= 0.6 is 27.5 Å². The van der Waals surface area contributed by atoms with E-state index in [4.69, 9.17) is 11.6 Å². The van der Waals surface area contributed by atoms with Gasteiger partial charge in [-0.3, -0.25) is 0 Å². The quantitative estimate of drug-likeness (QED) is 0.533. The maximum absolute atomic E-state index is 6.24. The molecule has 78 valence electrons. The van der Waals surface area contributed by atoms with Crippen LogP contribution in [0.1, 0.15) is 24.8 Å². The fraction of sp³-hybridized carbons (Fsp3) is 0.500. The molecule has 0 bridgehead atoms. The highest BCUT2D eigenvalue weighted by Gasteiger charge is 2.04. The van der Waals surface area contributed by atoms with Crippen molar-refractivity contribution in [1.29, 1.82) is 0 Å². The van der Waals surface area contributed by atoms with E-state index in [1.165, 1.54) is 18.4 Å². The first kappa shape index (κ1) is 12.1. The molecule has 0 spiro atoms. The van der Waals surface area contributed by atoms with Crippen molar-refractivity contribution < 1.29 is 0 Å². The van der Waals surface area contributed by atoms with Crippen LogP contribution in [0.4, 0.5) is 0 Å². The zero-order valence-electron chi connectivity index (χ0n) is 8.26. The van der Waals surface area contributed by atoms with E-state index in [-0.39, 0.29) is 5.38 Å². The minimum atomic E-state index is 0.288. The largest absolute Gasteiger partial charge is 0.123 e. The Morgan fingerprint density at radius 1 is 1.14 bits per heavy atom. The average molecular weight is 276 g/mol. The molecule has 0 aliphatic rings. The number of rotatable bonds is 6. The van der Waals surface area contributed by atoms with Crippen LogP contribution < -0.4 is 0 Å². The number of benzene rings is 1. The van der Waals surface area contributed by atoms with Gasteiger partial charge >= 0.3 is 0 Å². The summed E-state index contributed by atoms with van der Waals surface area (Å²) in [5.74, 6) is 0. The molecule has 0 radical (unpaired) electrons. The fourth-order valence-corrected chi connectivity index (χ4v) is 2.16. The summed E-state index contributed by atoms with van der Waals surface area (Å²) in [6.07, 6.45) is 4.54. The highest BCUT2D eigenvalue weighted by atomic mass is 79.9. The summed E-state index contributed by atoms with van der Waals surface area (Å²) in [6, 6.07) is 10.5. The minimum Gasteiger partial charge on any atom is -0.123 e. The lowest BCUT2D eigenvalue weighted by molar-refractivity contribution is 0.679. The molecule has 2 heteroatoms. The maximum atomic E-state index is 6.24. The Bertz CT molecular complexity index is 235. The van der Waals surface area contributed by atoms with Crippen molar-refractivity contribution in [2.75, 3.05) is 5.33 Å². The predicted molar refractivity (Wildman–Crippen MR) is 67.4 cm³/mol. The molecule has 0 aliphatic heterocycles. The number of halogens is 2. The molecule has 0 heterocycles. The van der Waals surface area contributed by atoms with Gasteiger partial charge in [-0.05, 0) is 24.8 Å². The fourth-order valence-electron chi connectivity index (χ4n) is 1.43. The van der Waals surface area contributed by atoms with Gasteiger partial charge in [0.25, 0.3) is 0 Å². The molecule has 0 aromatic heterocycles. The van der Waals surface area contributed by atoms with Gasteiger partial charge in [0, 0.05) is 10.7 Å². The standard InChI is InChI=1S/C12H16BrCl/c13-9-5-4-8-12(14)10-11-6-2-1-3-7-11/h1-3,6-7,12H,4-5,8-10H2. The van der Waals surface area contributed by atoms with Crippen LogP contribution in [-0.4, -0.2) is 10.7 Å². The SMILES string of the molecule is ClC(CCCCBr)Cc1ccccc1. The van der Waals surface area contributed by atoms with E-state index < -0.39 is 0 Å². The Morgan fingerprint density at radius 3 is 2.50 bits per heavy atom. The smallest absolute Gasteiger partial charge is 0.0376 e. The number of hydrogen-bond donors (Lipinski definition) is 0. The Morgan fingerprint density at radius 2 is 1.86 bits per heavy atom. The zero-order valence-corrected chi connectivity index (χ0v) is 10.6. The summed E-state index contributed by atoms with van der Waals surface area (Å²) in [5, 5.41) is 1.37. The molecule has 0 saturated carbocycles. The Hall–Kier alpha value is -0.0100. The topological polar surface area (TPSA) is 0 Å². The molecule has 0 fully saturated rings. The molecule has 0 aliphatic carbocycles. The second kappa shape index (κ2) is 7.30. The van der Waals surface area contributed by atoms with Gasteiger partial charge in [0.1, 0.15) is 0 Å². The van der Waals surface area contributed by atoms with Crippen molar-refractivity contribution in [3.8, 4) is 0 Å². The molecule has 14 heavy (non-hydrogen) atoms. The van der Waals surface area contributed by atoms with E-state index >= 15 is 0 Å². The first-order chi connectivity index (χ1) is 6.83.